The average molecular weight is 513 g/mol. The van der Waals surface area contributed by atoms with Crippen molar-refractivity contribution in [3.63, 3.8) is 0 Å². The summed E-state index contributed by atoms with van der Waals surface area (Å²) in [5.74, 6) is -4.98. The highest BCUT2D eigenvalue weighted by Crippen LogP contribution is 2.40. The fourth-order valence-corrected chi connectivity index (χ4v) is 5.14. The molecule has 0 unspecified atom stereocenters. The standard InChI is InChI=1S/C21H30F4S.C7H6O2/c1-2-3-4-5-6-7-8-15-9-11-16(12-10-15)17-13-14-18(26-21(24)25)20(23)19(17)22;8-7(9)6-4-2-1-3-5-6/h13-16,21H,2-12H2,1H3;1-5H,(H,8,9). The van der Waals surface area contributed by atoms with Crippen LogP contribution in [0.25, 0.3) is 0 Å². The number of aromatic carboxylic acids is 1. The second kappa shape index (κ2) is 15.9. The van der Waals surface area contributed by atoms with E-state index in [0.29, 0.717) is 17.0 Å². The zero-order valence-electron chi connectivity index (χ0n) is 20.3. The average Bonchev–Trinajstić information content (AvgIpc) is 2.85. The van der Waals surface area contributed by atoms with Gasteiger partial charge in [-0.2, -0.15) is 8.78 Å². The Morgan fingerprint density at radius 3 is 2.11 bits per heavy atom. The van der Waals surface area contributed by atoms with Gasteiger partial charge in [0, 0.05) is 0 Å². The largest absolute Gasteiger partial charge is 0.478 e. The second-order valence-corrected chi connectivity index (χ2v) is 10.1. The molecular formula is C28H36F4O2S. The van der Waals surface area contributed by atoms with Gasteiger partial charge in [-0.15, -0.1) is 0 Å². The molecule has 7 heteroatoms. The van der Waals surface area contributed by atoms with Gasteiger partial charge in [0.1, 0.15) is 0 Å². The number of carboxylic acids is 1. The maximum atomic E-state index is 14.3. The molecule has 0 amide bonds. The van der Waals surface area contributed by atoms with Crippen LogP contribution < -0.4 is 0 Å². The SMILES string of the molecule is CCCCCCCCC1CCC(c2ccc(SC(F)F)c(F)c2F)CC1.O=C(O)c1ccccc1. The van der Waals surface area contributed by atoms with Gasteiger partial charge in [-0.1, -0.05) is 87.9 Å². The van der Waals surface area contributed by atoms with E-state index >= 15 is 0 Å². The van der Waals surface area contributed by atoms with Crippen molar-refractivity contribution in [3.8, 4) is 0 Å². The number of alkyl halides is 2. The first-order valence-electron chi connectivity index (χ1n) is 12.5. The lowest BCUT2D eigenvalue weighted by Gasteiger charge is -2.29. The van der Waals surface area contributed by atoms with Crippen molar-refractivity contribution in [1.29, 1.82) is 0 Å². The normalized spacial score (nSPS) is 17.7. The van der Waals surface area contributed by atoms with Crippen molar-refractivity contribution in [2.24, 2.45) is 5.92 Å². The first kappa shape index (κ1) is 29.2. The van der Waals surface area contributed by atoms with E-state index in [0.717, 1.165) is 25.7 Å². The maximum absolute atomic E-state index is 14.3. The Morgan fingerprint density at radius 1 is 0.914 bits per heavy atom. The molecular weight excluding hydrogens is 476 g/mol. The number of hydrogen-bond acceptors (Lipinski definition) is 2. The molecule has 0 saturated heterocycles. The molecule has 1 aliphatic carbocycles. The highest BCUT2D eigenvalue weighted by Gasteiger charge is 2.26. The van der Waals surface area contributed by atoms with Crippen LogP contribution in [0.5, 0.6) is 0 Å². The topological polar surface area (TPSA) is 37.3 Å². The summed E-state index contributed by atoms with van der Waals surface area (Å²) < 4.78 is 53.1. The smallest absolute Gasteiger partial charge is 0.335 e. The van der Waals surface area contributed by atoms with Crippen LogP contribution in [0, 0.1) is 17.6 Å². The molecule has 0 aliphatic heterocycles. The summed E-state index contributed by atoms with van der Waals surface area (Å²) in [4.78, 5) is 9.89. The van der Waals surface area contributed by atoms with Gasteiger partial charge in [-0.25, -0.2) is 13.6 Å². The molecule has 1 aliphatic rings. The van der Waals surface area contributed by atoms with Crippen LogP contribution in [0.2, 0.25) is 0 Å². The molecule has 2 aromatic carbocycles. The highest BCUT2D eigenvalue weighted by atomic mass is 32.2. The molecule has 1 fully saturated rings. The van der Waals surface area contributed by atoms with Gasteiger partial charge in [0.25, 0.3) is 5.76 Å². The van der Waals surface area contributed by atoms with Gasteiger partial charge >= 0.3 is 5.97 Å². The van der Waals surface area contributed by atoms with Crippen LogP contribution in [-0.4, -0.2) is 16.8 Å². The molecule has 1 saturated carbocycles. The lowest BCUT2D eigenvalue weighted by atomic mass is 9.77. The summed E-state index contributed by atoms with van der Waals surface area (Å²) in [6.45, 7) is 2.22. The number of thioether (sulfide) groups is 1. The fraction of sp³-hybridized carbons (Fsp3) is 0.536. The Morgan fingerprint density at radius 2 is 1.54 bits per heavy atom. The Kier molecular flexibility index (Phi) is 13.2. The summed E-state index contributed by atoms with van der Waals surface area (Å²) in [6, 6.07) is 11.1. The van der Waals surface area contributed by atoms with E-state index in [2.05, 4.69) is 6.92 Å². The zero-order chi connectivity index (χ0) is 25.6. The summed E-state index contributed by atoms with van der Waals surface area (Å²) in [7, 11) is 0. The van der Waals surface area contributed by atoms with Crippen LogP contribution >= 0.6 is 11.8 Å². The molecule has 1 N–H and O–H groups in total. The first-order chi connectivity index (χ1) is 16.8. The van der Waals surface area contributed by atoms with E-state index in [1.165, 1.54) is 57.1 Å². The van der Waals surface area contributed by atoms with Gasteiger partial charge < -0.3 is 5.11 Å². The Hall–Kier alpha value is -2.02. The summed E-state index contributed by atoms with van der Waals surface area (Å²) in [6.07, 6.45) is 12.8. The molecule has 0 aromatic heterocycles. The number of halogens is 4. The van der Waals surface area contributed by atoms with Crippen molar-refractivity contribution in [2.75, 3.05) is 0 Å². The summed E-state index contributed by atoms with van der Waals surface area (Å²) in [5, 5.41) is 8.38. The minimum Gasteiger partial charge on any atom is -0.478 e. The third-order valence-corrected chi connectivity index (χ3v) is 7.31. The van der Waals surface area contributed by atoms with Crippen molar-refractivity contribution in [1.82, 2.24) is 0 Å². The molecule has 2 aromatic rings. The summed E-state index contributed by atoms with van der Waals surface area (Å²) >= 11 is 0.0626. The van der Waals surface area contributed by atoms with Crippen LogP contribution in [0.15, 0.2) is 47.4 Å². The van der Waals surface area contributed by atoms with E-state index in [4.69, 9.17) is 5.11 Å². The molecule has 194 valence electrons. The predicted octanol–water partition coefficient (Wildman–Crippen LogP) is 9.69. The van der Waals surface area contributed by atoms with E-state index < -0.39 is 23.4 Å². The van der Waals surface area contributed by atoms with Crippen LogP contribution in [-0.2, 0) is 0 Å². The number of rotatable bonds is 11. The zero-order valence-corrected chi connectivity index (χ0v) is 21.1. The van der Waals surface area contributed by atoms with Crippen molar-refractivity contribution >= 4 is 17.7 Å². The van der Waals surface area contributed by atoms with Crippen molar-refractivity contribution < 1.29 is 27.5 Å². The molecule has 0 bridgehead atoms. The van der Waals surface area contributed by atoms with Crippen molar-refractivity contribution in [3.05, 3.63) is 65.2 Å². The van der Waals surface area contributed by atoms with Crippen molar-refractivity contribution in [2.45, 2.75) is 94.1 Å². The quantitative estimate of drug-likeness (QED) is 0.185. The lowest BCUT2D eigenvalue weighted by molar-refractivity contribution is 0.0697. The minimum atomic E-state index is -2.74. The monoisotopic (exact) mass is 512 g/mol. The molecule has 3 rings (SSSR count). The van der Waals surface area contributed by atoms with Gasteiger partial charge in [-0.05, 0) is 61.3 Å². The number of carboxylic acid groups (broad SMARTS) is 1. The molecule has 2 nitrogen and oxygen atoms in total. The van der Waals surface area contributed by atoms with Gasteiger partial charge in [0.2, 0.25) is 0 Å². The molecule has 0 atom stereocenters. The van der Waals surface area contributed by atoms with E-state index in [-0.39, 0.29) is 22.6 Å². The third-order valence-electron chi connectivity index (χ3n) is 6.57. The number of unbranched alkanes of at least 4 members (excludes halogenated alkanes) is 5. The van der Waals surface area contributed by atoms with E-state index in [1.807, 2.05) is 0 Å². The maximum Gasteiger partial charge on any atom is 0.335 e. The first-order valence-corrected chi connectivity index (χ1v) is 13.4. The lowest BCUT2D eigenvalue weighted by Crippen LogP contribution is -2.15. The van der Waals surface area contributed by atoms with E-state index in [9.17, 15) is 22.4 Å². The molecule has 0 radical (unpaired) electrons. The van der Waals surface area contributed by atoms with Gasteiger partial charge in [0.15, 0.2) is 11.6 Å². The Balaban J connectivity index is 0.000000402. The van der Waals surface area contributed by atoms with Crippen LogP contribution in [0.1, 0.15) is 99.4 Å². The number of benzene rings is 2. The van der Waals surface area contributed by atoms with Gasteiger partial charge in [-0.3, -0.25) is 0 Å². The predicted molar refractivity (Wildman–Crippen MR) is 134 cm³/mol. The van der Waals surface area contributed by atoms with Crippen LogP contribution in [0.3, 0.4) is 0 Å². The molecule has 0 heterocycles. The van der Waals surface area contributed by atoms with Gasteiger partial charge in [0.05, 0.1) is 10.5 Å². The highest BCUT2D eigenvalue weighted by molar-refractivity contribution is 7.99. The molecule has 0 spiro atoms. The molecule has 35 heavy (non-hydrogen) atoms. The Bertz CT molecular complexity index is 884. The number of hydrogen-bond donors (Lipinski definition) is 1. The number of carbonyl (C=O) groups is 1. The second-order valence-electron chi connectivity index (χ2n) is 9.10. The van der Waals surface area contributed by atoms with Crippen LogP contribution in [0.4, 0.5) is 17.6 Å². The summed E-state index contributed by atoms with van der Waals surface area (Å²) in [5.41, 5.74) is 0.691. The third kappa shape index (κ3) is 10.2. The fourth-order valence-electron chi connectivity index (χ4n) is 4.61. The van der Waals surface area contributed by atoms with E-state index in [1.54, 1.807) is 30.3 Å². The Labute approximate surface area is 210 Å². The minimum absolute atomic E-state index is 0.0101.